The Kier molecular flexibility index (Phi) is 8.00. The van der Waals surface area contributed by atoms with Crippen LogP contribution in [-0.4, -0.2) is 10.9 Å². The molecule has 29 heavy (non-hydrogen) atoms. The summed E-state index contributed by atoms with van der Waals surface area (Å²) < 4.78 is 0. The second-order valence-corrected chi connectivity index (χ2v) is 7.52. The summed E-state index contributed by atoms with van der Waals surface area (Å²) in [6.45, 7) is 2.21. The van der Waals surface area contributed by atoms with Crippen LogP contribution in [0, 0.1) is 5.92 Å². The zero-order valence-corrected chi connectivity index (χ0v) is 17.2. The van der Waals surface area contributed by atoms with Crippen LogP contribution in [-0.2, 0) is 11.2 Å². The third kappa shape index (κ3) is 6.56. The largest absolute Gasteiger partial charge is 0.324 e. The van der Waals surface area contributed by atoms with Gasteiger partial charge in [-0.1, -0.05) is 80.4 Å². The van der Waals surface area contributed by atoms with E-state index in [4.69, 9.17) is 0 Å². The summed E-state index contributed by atoms with van der Waals surface area (Å²) in [6.07, 6.45) is 12.0. The predicted octanol–water partition coefficient (Wildman–Crippen LogP) is 6.56. The van der Waals surface area contributed by atoms with E-state index in [9.17, 15) is 4.79 Å². The van der Waals surface area contributed by atoms with E-state index in [2.05, 4.69) is 53.6 Å². The molecule has 1 aromatic heterocycles. The number of hydrogen-bond donors (Lipinski definition) is 1. The number of fused-ring (bicyclic) bond motifs is 1. The molecule has 1 amide bonds. The number of carbonyl (C=O) groups is 1. The molecule has 0 bridgehead atoms. The normalized spacial score (nSPS) is 12.3. The maximum atomic E-state index is 12.5. The second-order valence-electron chi connectivity index (χ2n) is 7.52. The minimum Gasteiger partial charge on any atom is -0.324 e. The number of nitrogens with zero attached hydrogens (tertiary/aromatic N) is 1. The lowest BCUT2D eigenvalue weighted by Crippen LogP contribution is -2.14. The van der Waals surface area contributed by atoms with Crippen LogP contribution in [0.4, 0.5) is 5.69 Å². The van der Waals surface area contributed by atoms with Crippen molar-refractivity contribution in [3.8, 4) is 0 Å². The minimum atomic E-state index is 0.0671. The van der Waals surface area contributed by atoms with Gasteiger partial charge >= 0.3 is 0 Å². The Morgan fingerprint density at radius 3 is 2.66 bits per heavy atom. The zero-order chi connectivity index (χ0) is 20.3. The van der Waals surface area contributed by atoms with Crippen LogP contribution < -0.4 is 5.32 Å². The molecule has 0 aliphatic carbocycles. The molecule has 0 aliphatic heterocycles. The van der Waals surface area contributed by atoms with Crippen LogP contribution in [0.15, 0.2) is 79.0 Å². The molecule has 150 valence electrons. The fraction of sp³-hybridized carbons (Fsp3) is 0.308. The lowest BCUT2D eigenvalue weighted by molar-refractivity contribution is -0.116. The summed E-state index contributed by atoms with van der Waals surface area (Å²) in [7, 11) is 0. The van der Waals surface area contributed by atoms with E-state index in [-0.39, 0.29) is 5.91 Å². The molecule has 1 unspecified atom stereocenters. The molecule has 0 fully saturated rings. The number of hydrogen-bond acceptors (Lipinski definition) is 2. The zero-order valence-electron chi connectivity index (χ0n) is 17.2. The molecule has 0 aliphatic rings. The van der Waals surface area contributed by atoms with Crippen molar-refractivity contribution in [1.29, 1.82) is 0 Å². The van der Waals surface area contributed by atoms with Gasteiger partial charge in [0.2, 0.25) is 5.91 Å². The molecular weight excluding hydrogens is 356 g/mol. The number of allylic oxidation sites excluding steroid dienone is 2. The van der Waals surface area contributed by atoms with E-state index in [0.29, 0.717) is 12.3 Å². The quantitative estimate of drug-likeness (QED) is 0.401. The van der Waals surface area contributed by atoms with Crippen molar-refractivity contribution < 1.29 is 4.79 Å². The fourth-order valence-electron chi connectivity index (χ4n) is 3.66. The molecule has 3 heteroatoms. The van der Waals surface area contributed by atoms with Crippen LogP contribution >= 0.6 is 0 Å². The third-order valence-electron chi connectivity index (χ3n) is 5.22. The first-order valence-corrected chi connectivity index (χ1v) is 10.6. The van der Waals surface area contributed by atoms with E-state index < -0.39 is 0 Å². The molecule has 0 spiro atoms. The van der Waals surface area contributed by atoms with Crippen molar-refractivity contribution in [2.75, 3.05) is 5.32 Å². The van der Waals surface area contributed by atoms with Crippen LogP contribution in [0.2, 0.25) is 0 Å². The molecule has 0 saturated carbocycles. The molecular formula is C26H30N2O. The topological polar surface area (TPSA) is 42.0 Å². The van der Waals surface area contributed by atoms with E-state index >= 15 is 0 Å². The number of amides is 1. The first-order chi connectivity index (χ1) is 14.3. The van der Waals surface area contributed by atoms with Gasteiger partial charge < -0.3 is 5.32 Å². The number of aromatic nitrogens is 1. The first kappa shape index (κ1) is 20.8. The maximum Gasteiger partial charge on any atom is 0.224 e. The molecule has 1 atom stereocenters. The summed E-state index contributed by atoms with van der Waals surface area (Å²) in [6, 6.07) is 20.3. The lowest BCUT2D eigenvalue weighted by atomic mass is 9.94. The SMILES string of the molecule is CCCC(C/C=C/Cc1ccccc1)CCC(=O)Nc1cccc2cccnc12. The van der Waals surface area contributed by atoms with Crippen molar-refractivity contribution in [3.05, 3.63) is 84.6 Å². The molecule has 2 aromatic carbocycles. The van der Waals surface area contributed by atoms with Gasteiger partial charge in [-0.15, -0.1) is 0 Å². The summed E-state index contributed by atoms with van der Waals surface area (Å²) >= 11 is 0. The van der Waals surface area contributed by atoms with E-state index in [1.165, 1.54) is 5.56 Å². The Hall–Kier alpha value is -2.94. The highest BCUT2D eigenvalue weighted by Gasteiger charge is 2.11. The number of anilines is 1. The van der Waals surface area contributed by atoms with Crippen molar-refractivity contribution in [3.63, 3.8) is 0 Å². The Balaban J connectivity index is 1.49. The molecule has 1 heterocycles. The van der Waals surface area contributed by atoms with Gasteiger partial charge in [0, 0.05) is 18.0 Å². The highest BCUT2D eigenvalue weighted by Crippen LogP contribution is 2.22. The van der Waals surface area contributed by atoms with Gasteiger partial charge in [-0.05, 0) is 42.9 Å². The van der Waals surface area contributed by atoms with Crippen molar-refractivity contribution >= 4 is 22.5 Å². The summed E-state index contributed by atoms with van der Waals surface area (Å²) in [5, 5.41) is 4.09. The average molecular weight is 387 g/mol. The van der Waals surface area contributed by atoms with Gasteiger partial charge in [0.1, 0.15) is 0 Å². The van der Waals surface area contributed by atoms with Gasteiger partial charge in [-0.2, -0.15) is 0 Å². The molecule has 0 saturated heterocycles. The van der Waals surface area contributed by atoms with Gasteiger partial charge in [0.05, 0.1) is 11.2 Å². The third-order valence-corrected chi connectivity index (χ3v) is 5.22. The standard InChI is InChI=1S/C26H30N2O/c1-2-10-21(13-6-7-14-22-11-4-3-5-12-22)18-19-25(29)28-24-17-8-15-23-16-9-20-27-26(23)24/h3-9,11-12,15-17,20-21H,2,10,13-14,18-19H2,1H3,(H,28,29)/b7-6+. The smallest absolute Gasteiger partial charge is 0.224 e. The number of benzene rings is 2. The minimum absolute atomic E-state index is 0.0671. The van der Waals surface area contributed by atoms with Gasteiger partial charge in [-0.3, -0.25) is 9.78 Å². The molecule has 3 rings (SSSR count). The second kappa shape index (κ2) is 11.2. The van der Waals surface area contributed by atoms with Crippen molar-refractivity contribution in [1.82, 2.24) is 4.98 Å². The van der Waals surface area contributed by atoms with Crippen LogP contribution in [0.25, 0.3) is 10.9 Å². The summed E-state index contributed by atoms with van der Waals surface area (Å²) in [4.78, 5) is 16.9. The Morgan fingerprint density at radius 2 is 1.83 bits per heavy atom. The highest BCUT2D eigenvalue weighted by atomic mass is 16.1. The summed E-state index contributed by atoms with van der Waals surface area (Å²) in [5.74, 6) is 0.612. The van der Waals surface area contributed by atoms with Crippen LogP contribution in [0.3, 0.4) is 0 Å². The lowest BCUT2D eigenvalue weighted by Gasteiger charge is -2.14. The first-order valence-electron chi connectivity index (χ1n) is 10.6. The van der Waals surface area contributed by atoms with Gasteiger partial charge in [0.15, 0.2) is 0 Å². The molecule has 0 radical (unpaired) electrons. The van der Waals surface area contributed by atoms with Crippen LogP contribution in [0.5, 0.6) is 0 Å². The van der Waals surface area contributed by atoms with Crippen molar-refractivity contribution in [2.45, 2.75) is 45.4 Å². The molecule has 3 nitrogen and oxygen atoms in total. The Labute approximate surface area is 173 Å². The average Bonchev–Trinajstić information content (AvgIpc) is 2.76. The Bertz CT molecular complexity index is 928. The number of para-hydroxylation sites is 1. The van der Waals surface area contributed by atoms with Crippen molar-refractivity contribution in [2.24, 2.45) is 5.92 Å². The van der Waals surface area contributed by atoms with E-state index in [1.54, 1.807) is 6.20 Å². The van der Waals surface area contributed by atoms with Gasteiger partial charge in [-0.25, -0.2) is 0 Å². The van der Waals surface area contributed by atoms with Gasteiger partial charge in [0.25, 0.3) is 0 Å². The molecule has 1 N–H and O–H groups in total. The number of carbonyl (C=O) groups excluding carboxylic acids is 1. The van der Waals surface area contributed by atoms with Crippen LogP contribution in [0.1, 0.15) is 44.6 Å². The highest BCUT2D eigenvalue weighted by molar-refractivity contribution is 6.00. The number of pyridine rings is 1. The Morgan fingerprint density at radius 1 is 1.00 bits per heavy atom. The molecule has 3 aromatic rings. The monoisotopic (exact) mass is 386 g/mol. The van der Waals surface area contributed by atoms with E-state index in [1.807, 2.05) is 36.4 Å². The fourth-order valence-corrected chi connectivity index (χ4v) is 3.66. The maximum absolute atomic E-state index is 12.5. The number of nitrogens with one attached hydrogen (secondary N) is 1. The summed E-state index contributed by atoms with van der Waals surface area (Å²) in [5.41, 5.74) is 2.97. The predicted molar refractivity (Wildman–Crippen MR) is 122 cm³/mol. The van der Waals surface area contributed by atoms with E-state index in [0.717, 1.165) is 48.7 Å². The number of rotatable bonds is 10.